The first-order valence-corrected chi connectivity index (χ1v) is 6.92. The Bertz CT molecular complexity index is 434. The zero-order valence-electron chi connectivity index (χ0n) is 11.5. The Morgan fingerprint density at radius 3 is 2.89 bits per heavy atom. The molecule has 19 heavy (non-hydrogen) atoms. The summed E-state index contributed by atoms with van der Waals surface area (Å²) in [6, 6.07) is 8.03. The predicted octanol–water partition coefficient (Wildman–Crippen LogP) is 1.33. The average Bonchev–Trinajstić information content (AvgIpc) is 2.44. The number of esters is 1. The van der Waals surface area contributed by atoms with Crippen molar-refractivity contribution in [1.82, 2.24) is 4.90 Å². The van der Waals surface area contributed by atoms with E-state index in [-0.39, 0.29) is 5.97 Å². The Hall–Kier alpha value is -1.39. The molecule has 0 aromatic heterocycles. The number of fused-ring (bicyclic) bond motifs is 1. The molecule has 2 rings (SSSR count). The van der Waals surface area contributed by atoms with Crippen LogP contribution >= 0.6 is 0 Å². The Labute approximate surface area is 114 Å². The van der Waals surface area contributed by atoms with E-state index in [0.717, 1.165) is 26.1 Å². The minimum Gasteiger partial charge on any atom is -0.465 e. The lowest BCUT2D eigenvalue weighted by Crippen LogP contribution is -2.38. The first-order valence-electron chi connectivity index (χ1n) is 6.92. The molecule has 0 aliphatic carbocycles. The van der Waals surface area contributed by atoms with Gasteiger partial charge >= 0.3 is 5.97 Å². The smallest absolute Gasteiger partial charge is 0.322 e. The number of nitrogens with zero attached hydrogens (tertiary/aromatic N) is 1. The number of carbonyl (C=O) groups excluding carboxylic acids is 1. The third-order valence-corrected chi connectivity index (χ3v) is 3.56. The Morgan fingerprint density at radius 1 is 1.42 bits per heavy atom. The fourth-order valence-electron chi connectivity index (χ4n) is 2.43. The van der Waals surface area contributed by atoms with Gasteiger partial charge in [-0.15, -0.1) is 0 Å². The second-order valence-electron chi connectivity index (χ2n) is 4.94. The largest absolute Gasteiger partial charge is 0.465 e. The van der Waals surface area contributed by atoms with Crippen molar-refractivity contribution in [3.63, 3.8) is 0 Å². The molecule has 1 aromatic rings. The molecule has 1 unspecified atom stereocenters. The van der Waals surface area contributed by atoms with Gasteiger partial charge in [-0.3, -0.25) is 9.69 Å². The van der Waals surface area contributed by atoms with Crippen LogP contribution in [0.3, 0.4) is 0 Å². The predicted molar refractivity (Wildman–Crippen MR) is 74.6 cm³/mol. The number of carbonyl (C=O) groups is 1. The highest BCUT2D eigenvalue weighted by Gasteiger charge is 2.19. The molecule has 0 bridgehead atoms. The Morgan fingerprint density at radius 2 is 2.16 bits per heavy atom. The quantitative estimate of drug-likeness (QED) is 0.813. The lowest BCUT2D eigenvalue weighted by molar-refractivity contribution is -0.144. The molecule has 2 N–H and O–H groups in total. The second-order valence-corrected chi connectivity index (χ2v) is 4.94. The normalized spacial score (nSPS) is 16.7. The first-order chi connectivity index (χ1) is 9.20. The van der Waals surface area contributed by atoms with Crippen LogP contribution in [0.25, 0.3) is 0 Å². The summed E-state index contributed by atoms with van der Waals surface area (Å²) in [5.74, 6) is -0.292. The molecule has 1 aliphatic heterocycles. The van der Waals surface area contributed by atoms with E-state index in [4.69, 9.17) is 10.5 Å². The number of ether oxygens (including phenoxy) is 1. The third-order valence-electron chi connectivity index (χ3n) is 3.56. The van der Waals surface area contributed by atoms with Crippen molar-refractivity contribution in [1.29, 1.82) is 0 Å². The van der Waals surface area contributed by atoms with E-state index in [1.165, 1.54) is 11.1 Å². The summed E-state index contributed by atoms with van der Waals surface area (Å²) in [5.41, 5.74) is 8.64. The summed E-state index contributed by atoms with van der Waals surface area (Å²) in [4.78, 5) is 13.8. The van der Waals surface area contributed by atoms with Gasteiger partial charge in [0.05, 0.1) is 6.61 Å². The molecule has 104 valence electrons. The van der Waals surface area contributed by atoms with E-state index >= 15 is 0 Å². The maximum Gasteiger partial charge on any atom is 0.322 e. The van der Waals surface area contributed by atoms with E-state index in [1.807, 2.05) is 0 Å². The van der Waals surface area contributed by atoms with Crippen molar-refractivity contribution < 1.29 is 9.53 Å². The third kappa shape index (κ3) is 3.78. The zero-order valence-corrected chi connectivity index (χ0v) is 11.5. The summed E-state index contributed by atoms with van der Waals surface area (Å²) in [6.07, 6.45) is 1.73. The van der Waals surface area contributed by atoms with Crippen LogP contribution in [0.2, 0.25) is 0 Å². The van der Waals surface area contributed by atoms with Crippen molar-refractivity contribution in [2.45, 2.75) is 32.4 Å². The minimum absolute atomic E-state index is 0.292. The van der Waals surface area contributed by atoms with Gasteiger partial charge in [-0.05, 0) is 30.9 Å². The van der Waals surface area contributed by atoms with Gasteiger partial charge in [-0.25, -0.2) is 0 Å². The van der Waals surface area contributed by atoms with Crippen LogP contribution in [-0.4, -0.2) is 36.6 Å². The Kier molecular flexibility index (Phi) is 4.93. The average molecular weight is 262 g/mol. The number of hydrogen-bond acceptors (Lipinski definition) is 4. The summed E-state index contributed by atoms with van der Waals surface area (Å²) in [7, 11) is 0. The van der Waals surface area contributed by atoms with E-state index < -0.39 is 6.04 Å². The molecule has 0 spiro atoms. The minimum atomic E-state index is -0.503. The molecule has 1 heterocycles. The van der Waals surface area contributed by atoms with E-state index in [0.29, 0.717) is 13.0 Å². The van der Waals surface area contributed by atoms with Crippen LogP contribution in [0.4, 0.5) is 0 Å². The van der Waals surface area contributed by atoms with E-state index in [9.17, 15) is 4.79 Å². The topological polar surface area (TPSA) is 55.6 Å². The molecule has 0 saturated heterocycles. The maximum absolute atomic E-state index is 11.4. The number of benzene rings is 1. The molecule has 4 heteroatoms. The standard InChI is InChI=1S/C15H22N2O2/c1-2-19-15(18)14(16)8-10-17-9-7-12-5-3-4-6-13(12)11-17/h3-6,14H,2,7-11,16H2,1H3. The fourth-order valence-corrected chi connectivity index (χ4v) is 2.43. The first kappa shape index (κ1) is 14.0. The summed E-state index contributed by atoms with van der Waals surface area (Å²) < 4.78 is 4.92. The van der Waals surface area contributed by atoms with Gasteiger partial charge < -0.3 is 10.5 Å². The molecular formula is C15H22N2O2. The highest BCUT2D eigenvalue weighted by molar-refractivity contribution is 5.75. The molecule has 1 atom stereocenters. The number of nitrogens with two attached hydrogens (primary N) is 1. The lowest BCUT2D eigenvalue weighted by atomic mass is 9.99. The van der Waals surface area contributed by atoms with E-state index in [2.05, 4.69) is 29.2 Å². The van der Waals surface area contributed by atoms with Gasteiger partial charge in [0, 0.05) is 19.6 Å². The van der Waals surface area contributed by atoms with Crippen molar-refractivity contribution in [3.8, 4) is 0 Å². The molecule has 0 saturated carbocycles. The molecule has 1 aliphatic rings. The number of hydrogen-bond donors (Lipinski definition) is 1. The monoisotopic (exact) mass is 262 g/mol. The maximum atomic E-state index is 11.4. The lowest BCUT2D eigenvalue weighted by Gasteiger charge is -2.29. The van der Waals surface area contributed by atoms with Crippen molar-refractivity contribution in [2.75, 3.05) is 19.7 Å². The summed E-state index contributed by atoms with van der Waals surface area (Å²) in [6.45, 7) is 5.02. The van der Waals surface area contributed by atoms with Crippen LogP contribution < -0.4 is 5.73 Å². The van der Waals surface area contributed by atoms with Crippen molar-refractivity contribution in [3.05, 3.63) is 35.4 Å². The van der Waals surface area contributed by atoms with Crippen LogP contribution in [0.5, 0.6) is 0 Å². The fraction of sp³-hybridized carbons (Fsp3) is 0.533. The summed E-state index contributed by atoms with van der Waals surface area (Å²) >= 11 is 0. The second kappa shape index (κ2) is 6.68. The van der Waals surface area contributed by atoms with E-state index in [1.54, 1.807) is 6.92 Å². The van der Waals surface area contributed by atoms with Crippen LogP contribution in [0, 0.1) is 0 Å². The van der Waals surface area contributed by atoms with Gasteiger partial charge in [0.15, 0.2) is 0 Å². The van der Waals surface area contributed by atoms with Crippen molar-refractivity contribution in [2.24, 2.45) is 5.73 Å². The molecule has 0 radical (unpaired) electrons. The summed E-state index contributed by atoms with van der Waals surface area (Å²) in [5, 5.41) is 0. The van der Waals surface area contributed by atoms with Crippen molar-refractivity contribution >= 4 is 5.97 Å². The van der Waals surface area contributed by atoms with Crippen LogP contribution in [0.1, 0.15) is 24.5 Å². The molecule has 0 fully saturated rings. The molecular weight excluding hydrogens is 240 g/mol. The zero-order chi connectivity index (χ0) is 13.7. The Balaban J connectivity index is 1.81. The van der Waals surface area contributed by atoms with Gasteiger partial charge in [0.1, 0.15) is 6.04 Å². The van der Waals surface area contributed by atoms with Gasteiger partial charge in [0.25, 0.3) is 0 Å². The highest BCUT2D eigenvalue weighted by atomic mass is 16.5. The van der Waals surface area contributed by atoms with Gasteiger partial charge in [0.2, 0.25) is 0 Å². The molecule has 4 nitrogen and oxygen atoms in total. The van der Waals surface area contributed by atoms with Gasteiger partial charge in [-0.1, -0.05) is 24.3 Å². The van der Waals surface area contributed by atoms with Crippen LogP contribution in [0.15, 0.2) is 24.3 Å². The number of rotatable bonds is 5. The highest BCUT2D eigenvalue weighted by Crippen LogP contribution is 2.18. The van der Waals surface area contributed by atoms with Gasteiger partial charge in [-0.2, -0.15) is 0 Å². The van der Waals surface area contributed by atoms with Crippen LogP contribution in [-0.2, 0) is 22.5 Å². The SMILES string of the molecule is CCOC(=O)C(N)CCN1CCc2ccccc2C1. The molecule has 0 amide bonds. The molecule has 1 aromatic carbocycles.